The van der Waals surface area contributed by atoms with Gasteiger partial charge in [0.15, 0.2) is 4.80 Å². The van der Waals surface area contributed by atoms with Gasteiger partial charge in [-0.05, 0) is 82.1 Å². The van der Waals surface area contributed by atoms with E-state index in [1.54, 1.807) is 63.2 Å². The number of furan rings is 1. The van der Waals surface area contributed by atoms with E-state index in [1.807, 2.05) is 26.0 Å². The van der Waals surface area contributed by atoms with Crippen molar-refractivity contribution in [2.45, 2.75) is 59.6 Å². The largest absolute Gasteiger partial charge is 0.496 e. The number of esters is 2. The van der Waals surface area contributed by atoms with Crippen LogP contribution in [-0.2, 0) is 14.3 Å². The lowest BCUT2D eigenvalue weighted by Crippen LogP contribution is -2.40. The second-order valence-electron chi connectivity index (χ2n) is 11.0. The van der Waals surface area contributed by atoms with Crippen molar-refractivity contribution in [2.75, 3.05) is 13.7 Å². The average Bonchev–Trinajstić information content (AvgIpc) is 3.60. The molecule has 2 aromatic heterocycles. The Balaban J connectivity index is 1.62. The van der Waals surface area contributed by atoms with Crippen LogP contribution in [0.3, 0.4) is 0 Å². The Kier molecular flexibility index (Phi) is 9.98. The number of nitrogens with zero attached hydrogens (tertiary/aromatic N) is 2. The summed E-state index contributed by atoms with van der Waals surface area (Å²) in [6.07, 6.45) is 2.68. The molecule has 3 heterocycles. The first kappa shape index (κ1) is 33.0. The lowest BCUT2D eigenvalue weighted by atomic mass is 9.93. The van der Waals surface area contributed by atoms with Crippen molar-refractivity contribution in [3.8, 4) is 17.1 Å². The van der Waals surface area contributed by atoms with E-state index in [1.165, 1.54) is 23.0 Å². The van der Waals surface area contributed by atoms with Crippen LogP contribution in [0.2, 0.25) is 5.02 Å². The number of hydrogen-bond donors (Lipinski definition) is 0. The zero-order chi connectivity index (χ0) is 33.1. The summed E-state index contributed by atoms with van der Waals surface area (Å²) in [5, 5.41) is 0.429. The van der Waals surface area contributed by atoms with Crippen LogP contribution in [0.15, 0.2) is 74.0 Å². The van der Waals surface area contributed by atoms with E-state index in [0.29, 0.717) is 54.9 Å². The summed E-state index contributed by atoms with van der Waals surface area (Å²) in [6, 6.07) is 13.1. The molecule has 1 aliphatic rings. The lowest BCUT2D eigenvalue weighted by molar-refractivity contribution is -0.139. The van der Waals surface area contributed by atoms with Gasteiger partial charge in [0.05, 0.1) is 41.2 Å². The summed E-state index contributed by atoms with van der Waals surface area (Å²) >= 11 is 7.63. The van der Waals surface area contributed by atoms with E-state index in [-0.39, 0.29) is 29.8 Å². The standard InChI is InChI=1S/C35H35ClN2O7S/c1-7-9-26-30(34(41)43-8-2)31(25-17-22(36)11-14-27(25)42-6)38-32(39)29(46-35(38)37-26)18-23-12-15-28(45-23)24-13-10-21(16-20(24)5)33(40)44-19(3)4/h10-19,31H,7-9H2,1-6H3/b29-18-/t31-/m1/s1. The predicted molar refractivity (Wildman–Crippen MR) is 177 cm³/mol. The molecule has 0 N–H and O–H groups in total. The number of aromatic nitrogens is 1. The lowest BCUT2D eigenvalue weighted by Gasteiger charge is -2.27. The minimum absolute atomic E-state index is 0.163. The molecule has 46 heavy (non-hydrogen) atoms. The molecule has 1 atom stereocenters. The Morgan fingerprint density at radius 1 is 1.11 bits per heavy atom. The number of carbonyl (C=O) groups excluding carboxylic acids is 2. The second kappa shape index (κ2) is 13.9. The quantitative estimate of drug-likeness (QED) is 0.181. The van der Waals surface area contributed by atoms with Gasteiger partial charge in [0.2, 0.25) is 0 Å². The van der Waals surface area contributed by atoms with Crippen molar-refractivity contribution in [1.29, 1.82) is 0 Å². The molecule has 2 aromatic carbocycles. The zero-order valence-electron chi connectivity index (χ0n) is 26.5. The fourth-order valence-corrected chi connectivity index (χ4v) is 6.57. The summed E-state index contributed by atoms with van der Waals surface area (Å²) in [5.41, 5.74) is 3.12. The normalized spacial score (nSPS) is 14.7. The smallest absolute Gasteiger partial charge is 0.338 e. The molecule has 9 nitrogen and oxygen atoms in total. The van der Waals surface area contributed by atoms with Crippen molar-refractivity contribution >= 4 is 41.0 Å². The van der Waals surface area contributed by atoms with Gasteiger partial charge in [-0.2, -0.15) is 0 Å². The van der Waals surface area contributed by atoms with E-state index in [9.17, 15) is 14.4 Å². The van der Waals surface area contributed by atoms with Gasteiger partial charge in [-0.25, -0.2) is 14.6 Å². The van der Waals surface area contributed by atoms with E-state index in [2.05, 4.69) is 0 Å². The average molecular weight is 663 g/mol. The van der Waals surface area contributed by atoms with Crippen LogP contribution in [0.4, 0.5) is 0 Å². The molecular formula is C35H35ClN2O7S. The van der Waals surface area contributed by atoms with E-state index < -0.39 is 12.0 Å². The Labute approximate surface area is 275 Å². The van der Waals surface area contributed by atoms with Crippen LogP contribution >= 0.6 is 22.9 Å². The van der Waals surface area contributed by atoms with Crippen LogP contribution in [0, 0.1) is 6.92 Å². The maximum absolute atomic E-state index is 14.1. The fraction of sp³-hybridized carbons (Fsp3) is 0.314. The zero-order valence-corrected chi connectivity index (χ0v) is 28.1. The Hall–Kier alpha value is -4.41. The molecule has 0 unspecified atom stereocenters. The van der Waals surface area contributed by atoms with Gasteiger partial charge in [-0.1, -0.05) is 42.3 Å². The van der Waals surface area contributed by atoms with Gasteiger partial charge in [-0.15, -0.1) is 0 Å². The number of ether oxygens (including phenoxy) is 3. The summed E-state index contributed by atoms with van der Waals surface area (Å²) in [7, 11) is 1.53. The third kappa shape index (κ3) is 6.59. The molecule has 5 rings (SSSR count). The van der Waals surface area contributed by atoms with Crippen molar-refractivity contribution in [3.05, 3.63) is 107 Å². The number of carbonyl (C=O) groups is 2. The predicted octanol–water partition coefficient (Wildman–Crippen LogP) is 6.37. The molecule has 0 amide bonds. The van der Waals surface area contributed by atoms with Gasteiger partial charge in [-0.3, -0.25) is 9.36 Å². The molecule has 0 fully saturated rings. The molecule has 0 aliphatic carbocycles. The topological polar surface area (TPSA) is 109 Å². The Morgan fingerprint density at radius 3 is 2.57 bits per heavy atom. The first-order chi connectivity index (χ1) is 22.1. The van der Waals surface area contributed by atoms with Crippen LogP contribution < -0.4 is 19.6 Å². The molecule has 0 radical (unpaired) electrons. The van der Waals surface area contributed by atoms with E-state index >= 15 is 0 Å². The number of thiazole rings is 1. The van der Waals surface area contributed by atoms with Crippen LogP contribution in [0.5, 0.6) is 5.75 Å². The first-order valence-corrected chi connectivity index (χ1v) is 16.2. The minimum atomic E-state index is -0.872. The highest BCUT2D eigenvalue weighted by atomic mass is 35.5. The van der Waals surface area contributed by atoms with Crippen molar-refractivity contribution in [2.24, 2.45) is 4.99 Å². The third-order valence-electron chi connectivity index (χ3n) is 7.35. The number of methoxy groups -OCH3 is 1. The maximum Gasteiger partial charge on any atom is 0.338 e. The number of hydrogen-bond acceptors (Lipinski definition) is 9. The van der Waals surface area contributed by atoms with E-state index in [0.717, 1.165) is 17.5 Å². The van der Waals surface area contributed by atoms with Gasteiger partial charge in [0.25, 0.3) is 5.56 Å². The summed E-state index contributed by atoms with van der Waals surface area (Å²) in [5.74, 6) is 0.570. The highest BCUT2D eigenvalue weighted by Gasteiger charge is 2.36. The van der Waals surface area contributed by atoms with Gasteiger partial charge in [0, 0.05) is 22.2 Å². The molecule has 11 heteroatoms. The monoisotopic (exact) mass is 662 g/mol. The second-order valence-corrected chi connectivity index (χ2v) is 12.4. The number of fused-ring (bicyclic) bond motifs is 1. The number of benzene rings is 2. The molecule has 4 aromatic rings. The molecule has 240 valence electrons. The van der Waals surface area contributed by atoms with Crippen LogP contribution in [0.25, 0.3) is 17.4 Å². The van der Waals surface area contributed by atoms with Gasteiger partial charge >= 0.3 is 11.9 Å². The molecule has 0 saturated carbocycles. The summed E-state index contributed by atoms with van der Waals surface area (Å²) in [6.45, 7) is 9.39. The molecule has 0 saturated heterocycles. The third-order valence-corrected chi connectivity index (χ3v) is 8.57. The number of aryl methyl sites for hydroxylation is 1. The van der Waals surface area contributed by atoms with Gasteiger partial charge in [0.1, 0.15) is 23.3 Å². The SMILES string of the molecule is CCCC1=C(C(=O)OCC)[C@@H](c2cc(Cl)ccc2OC)n2c(s/c(=C\c3ccc(-c4ccc(C(=O)OC(C)C)cc4C)o3)c2=O)=N1. The fourth-order valence-electron chi connectivity index (χ4n) is 5.39. The molecule has 0 spiro atoms. The van der Waals surface area contributed by atoms with Crippen LogP contribution in [-0.4, -0.2) is 36.3 Å². The van der Waals surface area contributed by atoms with E-state index in [4.69, 9.17) is 35.2 Å². The Morgan fingerprint density at radius 2 is 1.89 bits per heavy atom. The van der Waals surface area contributed by atoms with Crippen molar-refractivity contribution in [3.63, 3.8) is 0 Å². The number of allylic oxidation sites excluding steroid dienone is 1. The highest BCUT2D eigenvalue weighted by Crippen LogP contribution is 2.38. The Bertz CT molecular complexity index is 2020. The summed E-state index contributed by atoms with van der Waals surface area (Å²) in [4.78, 5) is 45.2. The molecule has 1 aliphatic heterocycles. The minimum Gasteiger partial charge on any atom is -0.496 e. The highest BCUT2D eigenvalue weighted by molar-refractivity contribution is 7.07. The van der Waals surface area contributed by atoms with Crippen molar-refractivity contribution in [1.82, 2.24) is 4.57 Å². The van der Waals surface area contributed by atoms with Crippen molar-refractivity contribution < 1.29 is 28.2 Å². The number of halogens is 1. The maximum atomic E-state index is 14.1. The molecule has 0 bridgehead atoms. The molecular weight excluding hydrogens is 628 g/mol. The van der Waals surface area contributed by atoms with Gasteiger partial charge < -0.3 is 18.6 Å². The van der Waals surface area contributed by atoms with Crippen LogP contribution in [0.1, 0.15) is 73.8 Å². The first-order valence-electron chi connectivity index (χ1n) is 15.0. The summed E-state index contributed by atoms with van der Waals surface area (Å²) < 4.78 is 24.5. The number of rotatable bonds is 10.